The highest BCUT2D eigenvalue weighted by Gasteiger charge is 2.33. The largest absolute Gasteiger partial charge is 0.0795 e. The first-order chi connectivity index (χ1) is 50.7. The summed E-state index contributed by atoms with van der Waals surface area (Å²) in [5, 5.41) is 31.0. The second-order valence-electron chi connectivity index (χ2n) is 38.1. The van der Waals surface area contributed by atoms with Gasteiger partial charge in [-0.05, 0) is 254 Å². The summed E-state index contributed by atoms with van der Waals surface area (Å²) in [6.45, 7) is 71.6. The van der Waals surface area contributed by atoms with Crippen molar-refractivity contribution in [1.29, 1.82) is 0 Å². The monoisotopic (exact) mass is 1430 g/mol. The smallest absolute Gasteiger partial charge is 0.00208 e. The molecule has 0 atom stereocenters. The summed E-state index contributed by atoms with van der Waals surface area (Å²) < 4.78 is 0. The Labute approximate surface area is 652 Å². The molecule has 17 rings (SSSR count). The van der Waals surface area contributed by atoms with Gasteiger partial charge in [0.05, 0.1) is 0 Å². The molecule has 0 spiro atoms. The van der Waals surface area contributed by atoms with Crippen LogP contribution in [0.4, 0.5) is 0 Å². The van der Waals surface area contributed by atoms with Gasteiger partial charge >= 0.3 is 0 Å². The van der Waals surface area contributed by atoms with Gasteiger partial charge in [0.1, 0.15) is 0 Å². The van der Waals surface area contributed by atoms with E-state index in [2.05, 4.69) is 360 Å². The normalized spacial score (nSPS) is 13.3. The van der Waals surface area contributed by atoms with Crippen LogP contribution in [0.5, 0.6) is 0 Å². The van der Waals surface area contributed by atoms with E-state index in [1.807, 2.05) is 55.4 Å². The molecule has 0 saturated carbocycles. The predicted molar refractivity (Wildman–Crippen MR) is 492 cm³/mol. The maximum atomic E-state index is 2.49. The zero-order valence-corrected chi connectivity index (χ0v) is 72.9. The minimum Gasteiger partial charge on any atom is -0.0795 e. The summed E-state index contributed by atoms with van der Waals surface area (Å²) in [5.41, 5.74) is 18.7. The molecule has 108 heavy (non-hydrogen) atoms. The molecule has 0 nitrogen and oxygen atoms in total. The Bertz CT molecular complexity index is 5490. The number of allylic oxidation sites excluding steroid dienone is 3. The Morgan fingerprint density at radius 2 is 0.574 bits per heavy atom. The molecule has 0 bridgehead atoms. The molecular weight excluding hydrogens is 1300 g/mol. The van der Waals surface area contributed by atoms with Gasteiger partial charge in [0.25, 0.3) is 0 Å². The van der Waals surface area contributed by atoms with Gasteiger partial charge in [-0.3, -0.25) is 0 Å². The molecule has 0 amide bonds. The summed E-state index contributed by atoms with van der Waals surface area (Å²) in [6, 6.07) is 67.2. The van der Waals surface area contributed by atoms with E-state index in [-0.39, 0.29) is 43.3 Å². The molecule has 0 aromatic heterocycles. The van der Waals surface area contributed by atoms with Crippen LogP contribution in [0, 0.1) is 5.41 Å². The Morgan fingerprint density at radius 1 is 0.231 bits per heavy atom. The first-order valence-electron chi connectivity index (χ1n) is 41.3. The molecule has 0 fully saturated rings. The summed E-state index contributed by atoms with van der Waals surface area (Å²) in [5.74, 6) is 0. The summed E-state index contributed by atoms with van der Waals surface area (Å²) in [4.78, 5) is 0. The summed E-state index contributed by atoms with van der Waals surface area (Å²) in [6.07, 6.45) is 9.25. The second-order valence-corrected chi connectivity index (χ2v) is 38.1. The lowest BCUT2D eigenvalue weighted by Gasteiger charge is -2.34. The fourth-order valence-electron chi connectivity index (χ4n) is 17.2. The van der Waals surface area contributed by atoms with E-state index in [9.17, 15) is 0 Å². The van der Waals surface area contributed by atoms with Crippen LogP contribution in [0.2, 0.25) is 0 Å². The van der Waals surface area contributed by atoms with E-state index in [1.54, 1.807) is 5.56 Å². The molecule has 564 valence electrons. The third-order valence-corrected chi connectivity index (χ3v) is 22.3. The Kier molecular flexibility index (Phi) is 23.0. The molecule has 2 aliphatic rings. The van der Waals surface area contributed by atoms with Crippen molar-refractivity contribution in [2.24, 2.45) is 5.41 Å². The standard InChI is InChI=1S/C28H30.3C24H26.4C2H6/c1-27(2,3)21-15-13-17-9-8-12-20-23(17)25(21)19-11-7-10-18-14-16-22(28(4,5)6)26(20)24(18)19;1-23(2,3)19-13-9-15-8-12-18-20(24(4,5)6)14-10-16-7-11-17(19)21(15)22(16)18;1-23(2,3)19-11-15-7-9-17-13-20(24(4,5)6)14-18-10-8-16(12-19)21(15)22(17)18;1-23(2,3)19-13-15-9-7-10-16-14-20(24(4,5)6)18-12-8-11-17(19)22(18)21(15)16;4*1-2/h7-11,13,15-16H,12,14H2,1-6H3;3*7-14H,1-6H3;4*1-2H3. The minimum absolute atomic E-state index is 0.119. The third-order valence-electron chi connectivity index (χ3n) is 22.3. The van der Waals surface area contributed by atoms with Crippen molar-refractivity contribution < 1.29 is 0 Å². The van der Waals surface area contributed by atoms with Crippen molar-refractivity contribution in [3.8, 4) is 0 Å². The molecule has 2 aliphatic carbocycles. The van der Waals surface area contributed by atoms with E-state index in [1.165, 1.54) is 180 Å². The van der Waals surface area contributed by atoms with Gasteiger partial charge in [-0.25, -0.2) is 0 Å². The zero-order chi connectivity index (χ0) is 79.7. The number of fused-ring (bicyclic) bond motifs is 2. The molecule has 0 N–H and O–H groups in total. The van der Waals surface area contributed by atoms with Crippen molar-refractivity contribution in [3.05, 3.63) is 249 Å². The molecule has 0 aliphatic heterocycles. The number of rotatable bonds is 0. The van der Waals surface area contributed by atoms with Crippen LogP contribution >= 0.6 is 0 Å². The number of hydrogen-bond acceptors (Lipinski definition) is 0. The van der Waals surface area contributed by atoms with Gasteiger partial charge in [-0.2, -0.15) is 0 Å². The highest BCUT2D eigenvalue weighted by Crippen LogP contribution is 2.52. The average molecular weight is 1430 g/mol. The lowest BCUT2D eigenvalue weighted by Crippen LogP contribution is -2.17. The van der Waals surface area contributed by atoms with Crippen LogP contribution in [0.1, 0.15) is 283 Å². The maximum Gasteiger partial charge on any atom is -0.00208 e. The van der Waals surface area contributed by atoms with Crippen LogP contribution in [0.3, 0.4) is 0 Å². The van der Waals surface area contributed by atoms with Gasteiger partial charge in [0, 0.05) is 0 Å². The fraction of sp³-hybridized carbons (Fsp3) is 0.389. The molecule has 0 radical (unpaired) electrons. The van der Waals surface area contributed by atoms with E-state index >= 15 is 0 Å². The topological polar surface area (TPSA) is 0 Å². The minimum atomic E-state index is 0.119. The molecule has 0 saturated heterocycles. The lowest BCUT2D eigenvalue weighted by molar-refractivity contribution is 0.565. The maximum absolute atomic E-state index is 2.49. The highest BCUT2D eigenvalue weighted by atomic mass is 14.4. The van der Waals surface area contributed by atoms with E-state index in [0.29, 0.717) is 0 Å². The molecule has 15 aromatic rings. The summed E-state index contributed by atoms with van der Waals surface area (Å²) >= 11 is 0. The van der Waals surface area contributed by atoms with Gasteiger partial charge in [0.15, 0.2) is 0 Å². The van der Waals surface area contributed by atoms with Gasteiger partial charge < -0.3 is 0 Å². The first kappa shape index (κ1) is 81.9. The quantitative estimate of drug-likeness (QED) is 0.133. The average Bonchev–Trinajstić information content (AvgIpc) is 0.692. The van der Waals surface area contributed by atoms with Crippen LogP contribution in [-0.4, -0.2) is 0 Å². The molecule has 15 aromatic carbocycles. The Hall–Kier alpha value is -8.58. The van der Waals surface area contributed by atoms with Crippen molar-refractivity contribution >= 4 is 130 Å². The molecule has 0 unspecified atom stereocenters. The van der Waals surface area contributed by atoms with Crippen molar-refractivity contribution in [2.75, 3.05) is 0 Å². The Balaban J connectivity index is 0.000000149. The van der Waals surface area contributed by atoms with Gasteiger partial charge in [0.2, 0.25) is 0 Å². The SMILES string of the molecule is CC.CC.CC.CC.CC(C)(C)C1=CCc2cccc3c2c1c1c2c(ccc(C(C)(C)C)c23)C=CC1.CC(C)(C)c1cc2ccc3cc(C(C)(C)C)cc4ccc(c1)c2c34.CC(C)(C)c1cc2cccc3cc(C(C)(C)C)c4cccc1c4c23.CC(C)(C)c1ccc2ccc3c(C(C)(C)C)ccc4ccc1c2c43. The molecular formula is C108H132. The third kappa shape index (κ3) is 15.3. The van der Waals surface area contributed by atoms with Gasteiger partial charge in [-0.15, -0.1) is 0 Å². The van der Waals surface area contributed by atoms with Gasteiger partial charge in [-0.1, -0.05) is 404 Å². The predicted octanol–water partition coefficient (Wildman–Crippen LogP) is 33.5. The van der Waals surface area contributed by atoms with Crippen LogP contribution in [-0.2, 0) is 50.7 Å². The lowest BCUT2D eigenvalue weighted by atomic mass is 9.70. The fourth-order valence-corrected chi connectivity index (χ4v) is 17.2. The van der Waals surface area contributed by atoms with Crippen molar-refractivity contribution in [3.63, 3.8) is 0 Å². The molecule has 0 heterocycles. The first-order valence-corrected chi connectivity index (χ1v) is 41.3. The second kappa shape index (κ2) is 30.4. The summed E-state index contributed by atoms with van der Waals surface area (Å²) in [7, 11) is 0. The number of benzene rings is 15. The Morgan fingerprint density at radius 3 is 0.972 bits per heavy atom. The molecule has 0 heteroatoms. The van der Waals surface area contributed by atoms with Crippen LogP contribution in [0.25, 0.3) is 130 Å². The highest BCUT2D eigenvalue weighted by molar-refractivity contribution is 6.27. The van der Waals surface area contributed by atoms with Crippen molar-refractivity contribution in [1.82, 2.24) is 0 Å². The van der Waals surface area contributed by atoms with E-state index < -0.39 is 0 Å². The van der Waals surface area contributed by atoms with Crippen molar-refractivity contribution in [2.45, 2.75) is 272 Å². The zero-order valence-electron chi connectivity index (χ0n) is 72.9. The van der Waals surface area contributed by atoms with Crippen LogP contribution < -0.4 is 0 Å². The van der Waals surface area contributed by atoms with E-state index in [0.717, 1.165) is 12.8 Å². The number of hydrogen-bond donors (Lipinski definition) is 0. The van der Waals surface area contributed by atoms with Crippen LogP contribution in [0.15, 0.2) is 188 Å². The van der Waals surface area contributed by atoms with E-state index in [4.69, 9.17) is 0 Å².